The van der Waals surface area contributed by atoms with Crippen LogP contribution in [0.3, 0.4) is 0 Å². The Bertz CT molecular complexity index is 1840. The van der Waals surface area contributed by atoms with Crippen molar-refractivity contribution in [3.05, 3.63) is 89.7 Å². The standard InChI is InChI=1S/C26H23ClN4O10S2/c1-13-10-14(2)22(40-26(33)39-18-7-5-6-17(11-18)12-38-31(34)35)15(3)21(13)28-24(32)23-19(8-9-42-23)43(36,37)30-25-20(27)16(4)29-41-25/h5-11,30H,12H2,1-4H3,(H,28,32). The first-order valence-corrected chi connectivity index (χ1v) is 14.9. The maximum absolute atomic E-state index is 13.3. The van der Waals surface area contributed by atoms with Gasteiger partial charge in [-0.3, -0.25) is 4.79 Å². The van der Waals surface area contributed by atoms with E-state index in [1.807, 2.05) is 0 Å². The van der Waals surface area contributed by atoms with Crippen molar-refractivity contribution in [2.75, 3.05) is 10.0 Å². The Hall–Kier alpha value is -4.67. The molecule has 4 aromatic rings. The van der Waals surface area contributed by atoms with Gasteiger partial charge in [-0.2, -0.15) is 0 Å². The Morgan fingerprint density at radius 3 is 2.53 bits per heavy atom. The zero-order valence-electron chi connectivity index (χ0n) is 22.9. The summed E-state index contributed by atoms with van der Waals surface area (Å²) in [5.41, 5.74) is 2.51. The van der Waals surface area contributed by atoms with Crippen LogP contribution in [0.15, 0.2) is 51.2 Å². The number of nitrogens with one attached hydrogen (secondary N) is 2. The van der Waals surface area contributed by atoms with Crippen LogP contribution in [0.1, 0.15) is 37.6 Å². The minimum atomic E-state index is -4.28. The fraction of sp³-hybridized carbons (Fsp3) is 0.192. The molecule has 1 amide bonds. The molecule has 226 valence electrons. The van der Waals surface area contributed by atoms with Crippen LogP contribution in [-0.2, 0) is 21.5 Å². The van der Waals surface area contributed by atoms with Crippen molar-refractivity contribution >= 4 is 56.6 Å². The van der Waals surface area contributed by atoms with Gasteiger partial charge in [-0.25, -0.2) is 17.9 Å². The van der Waals surface area contributed by atoms with Crippen molar-refractivity contribution in [2.24, 2.45) is 0 Å². The van der Waals surface area contributed by atoms with Crippen molar-refractivity contribution in [2.45, 2.75) is 39.2 Å². The third-order valence-electron chi connectivity index (χ3n) is 5.90. The lowest BCUT2D eigenvalue weighted by molar-refractivity contribution is -0.763. The number of benzene rings is 2. The zero-order valence-corrected chi connectivity index (χ0v) is 25.3. The van der Waals surface area contributed by atoms with Gasteiger partial charge >= 0.3 is 6.16 Å². The molecule has 2 N–H and O–H groups in total. The predicted molar refractivity (Wildman–Crippen MR) is 155 cm³/mol. The molecule has 2 aromatic carbocycles. The predicted octanol–water partition coefficient (Wildman–Crippen LogP) is 5.96. The van der Waals surface area contributed by atoms with E-state index < -0.39 is 27.2 Å². The second-order valence-electron chi connectivity index (χ2n) is 9.02. The Balaban J connectivity index is 1.53. The highest BCUT2D eigenvalue weighted by Gasteiger charge is 2.28. The first-order chi connectivity index (χ1) is 20.3. The van der Waals surface area contributed by atoms with Crippen molar-refractivity contribution in [3.8, 4) is 11.5 Å². The van der Waals surface area contributed by atoms with E-state index in [9.17, 15) is 28.1 Å². The molecule has 0 spiro atoms. The molecule has 43 heavy (non-hydrogen) atoms. The van der Waals surface area contributed by atoms with Crippen molar-refractivity contribution in [1.29, 1.82) is 0 Å². The largest absolute Gasteiger partial charge is 0.519 e. The van der Waals surface area contributed by atoms with Gasteiger partial charge in [0.15, 0.2) is 0 Å². The molecule has 0 unspecified atom stereocenters. The number of sulfonamides is 1. The van der Waals surface area contributed by atoms with Crippen LogP contribution in [0.4, 0.5) is 16.4 Å². The van der Waals surface area contributed by atoms with Gasteiger partial charge in [0.2, 0.25) is 0 Å². The Morgan fingerprint density at radius 1 is 1.12 bits per heavy atom. The van der Waals surface area contributed by atoms with Gasteiger partial charge in [-0.05, 0) is 68.0 Å². The molecule has 2 heterocycles. The monoisotopic (exact) mass is 650 g/mol. The van der Waals surface area contributed by atoms with Gasteiger partial charge in [-0.1, -0.05) is 35.0 Å². The van der Waals surface area contributed by atoms with Crippen molar-refractivity contribution in [1.82, 2.24) is 5.16 Å². The molecule has 0 saturated heterocycles. The highest BCUT2D eigenvalue weighted by atomic mass is 35.5. The lowest BCUT2D eigenvalue weighted by Crippen LogP contribution is -2.20. The number of carbonyl (C=O) groups is 2. The van der Waals surface area contributed by atoms with Gasteiger partial charge < -0.3 is 24.2 Å². The number of hydrogen-bond acceptors (Lipinski definition) is 12. The summed E-state index contributed by atoms with van der Waals surface area (Å²) >= 11 is 6.93. The molecule has 17 heteroatoms. The third kappa shape index (κ3) is 7.22. The third-order valence-corrected chi connectivity index (χ3v) is 8.76. The van der Waals surface area contributed by atoms with Crippen LogP contribution in [0.5, 0.6) is 11.5 Å². The SMILES string of the molecule is Cc1cc(C)c(OC(=O)Oc2cccc(CO[N+](=O)[O-])c2)c(C)c1NC(=O)c1sccc1S(=O)(=O)Nc1onc(C)c1Cl. The Morgan fingerprint density at radius 2 is 1.86 bits per heavy atom. The summed E-state index contributed by atoms with van der Waals surface area (Å²) < 4.78 is 43.9. The Labute approximate surface area is 253 Å². The normalized spacial score (nSPS) is 11.1. The van der Waals surface area contributed by atoms with Crippen LogP contribution in [0.2, 0.25) is 5.02 Å². The van der Waals surface area contributed by atoms with Crippen molar-refractivity contribution < 1.29 is 41.9 Å². The molecule has 0 fully saturated rings. The number of aryl methyl sites for hydroxylation is 3. The highest BCUT2D eigenvalue weighted by Crippen LogP contribution is 2.35. The highest BCUT2D eigenvalue weighted by molar-refractivity contribution is 7.93. The van der Waals surface area contributed by atoms with Gasteiger partial charge in [-0.15, -0.1) is 21.5 Å². The number of thiophene rings is 1. The summed E-state index contributed by atoms with van der Waals surface area (Å²) in [6.07, 6.45) is -1.10. The molecule has 0 aliphatic rings. The van der Waals surface area contributed by atoms with Crippen LogP contribution < -0.4 is 19.5 Å². The minimum Gasteiger partial charge on any atom is -0.395 e. The van der Waals surface area contributed by atoms with Crippen LogP contribution in [0.25, 0.3) is 0 Å². The van der Waals surface area contributed by atoms with Crippen LogP contribution >= 0.6 is 22.9 Å². The van der Waals surface area contributed by atoms with E-state index in [0.29, 0.717) is 22.3 Å². The molecule has 0 saturated carbocycles. The molecule has 0 bridgehead atoms. The number of aromatic nitrogens is 1. The van der Waals surface area contributed by atoms with E-state index in [0.717, 1.165) is 11.3 Å². The van der Waals surface area contributed by atoms with E-state index in [1.54, 1.807) is 32.9 Å². The lowest BCUT2D eigenvalue weighted by atomic mass is 10.0. The zero-order chi connectivity index (χ0) is 31.5. The molecule has 2 aromatic heterocycles. The minimum absolute atomic E-state index is 0.0154. The van der Waals surface area contributed by atoms with Gasteiger partial charge in [0.1, 0.15) is 38.6 Å². The maximum Gasteiger partial charge on any atom is 0.519 e. The topological polar surface area (TPSA) is 189 Å². The quantitative estimate of drug-likeness (QED) is 0.0891. The fourth-order valence-corrected chi connectivity index (χ4v) is 6.48. The van der Waals surface area contributed by atoms with Crippen LogP contribution in [-0.4, -0.2) is 30.7 Å². The van der Waals surface area contributed by atoms with Crippen molar-refractivity contribution in [3.63, 3.8) is 0 Å². The summed E-state index contributed by atoms with van der Waals surface area (Å²) in [4.78, 5) is 40.3. The average molecular weight is 651 g/mol. The van der Waals surface area contributed by atoms with E-state index in [1.165, 1.54) is 36.6 Å². The van der Waals surface area contributed by atoms with Gasteiger partial charge in [0, 0.05) is 5.56 Å². The van der Waals surface area contributed by atoms with E-state index in [2.05, 4.69) is 20.0 Å². The molecule has 4 rings (SSSR count). The number of rotatable bonds is 10. The smallest absolute Gasteiger partial charge is 0.395 e. The summed E-state index contributed by atoms with van der Waals surface area (Å²) in [7, 11) is -4.28. The number of ether oxygens (including phenoxy) is 2. The first kappa shape index (κ1) is 31.3. The van der Waals surface area contributed by atoms with Crippen LogP contribution in [0, 0.1) is 37.8 Å². The Kier molecular flexibility index (Phi) is 9.22. The molecular weight excluding hydrogens is 628 g/mol. The average Bonchev–Trinajstić information content (AvgIpc) is 3.56. The molecule has 0 atom stereocenters. The van der Waals surface area contributed by atoms with E-state index >= 15 is 0 Å². The first-order valence-electron chi connectivity index (χ1n) is 12.2. The lowest BCUT2D eigenvalue weighted by Gasteiger charge is -2.17. The second kappa shape index (κ2) is 12.7. The molecule has 0 radical (unpaired) electrons. The number of hydrogen-bond donors (Lipinski definition) is 2. The molecular formula is C26H23ClN4O10S2. The van der Waals surface area contributed by atoms with E-state index in [-0.39, 0.29) is 50.2 Å². The fourth-order valence-electron chi connectivity index (χ4n) is 3.99. The summed E-state index contributed by atoms with van der Waals surface area (Å²) in [5, 5.41) is 17.2. The summed E-state index contributed by atoms with van der Waals surface area (Å²) in [5.74, 6) is -0.846. The van der Waals surface area contributed by atoms with Gasteiger partial charge in [0.25, 0.3) is 26.9 Å². The summed E-state index contributed by atoms with van der Waals surface area (Å²) in [6.45, 7) is 6.21. The second-order valence-corrected chi connectivity index (χ2v) is 12.0. The maximum atomic E-state index is 13.3. The number of nitrogens with zero attached hydrogens (tertiary/aromatic N) is 2. The number of carbonyl (C=O) groups excluding carboxylic acids is 2. The number of halogens is 1. The summed E-state index contributed by atoms with van der Waals surface area (Å²) in [6, 6.07) is 8.84. The van der Waals surface area contributed by atoms with E-state index in [4.69, 9.17) is 25.6 Å². The number of anilines is 2. The molecule has 0 aliphatic carbocycles. The van der Waals surface area contributed by atoms with Gasteiger partial charge in [0.05, 0.1) is 5.69 Å². The molecule has 0 aliphatic heterocycles. The molecule has 14 nitrogen and oxygen atoms in total. The number of amides is 1.